The Kier molecular flexibility index (Phi) is 3.91. The van der Waals surface area contributed by atoms with E-state index in [2.05, 4.69) is 15.9 Å². The van der Waals surface area contributed by atoms with Gasteiger partial charge < -0.3 is 0 Å². The number of halogens is 3. The molecule has 0 amide bonds. The fraction of sp³-hybridized carbons (Fsp3) is 0.231. The van der Waals surface area contributed by atoms with Crippen molar-refractivity contribution in [2.24, 2.45) is 0 Å². The number of aryl methyl sites for hydroxylation is 2. The highest BCUT2D eigenvalue weighted by atomic mass is 79.9. The summed E-state index contributed by atoms with van der Waals surface area (Å²) in [7, 11) is 0. The molecule has 1 unspecified atom stereocenters. The van der Waals surface area contributed by atoms with Gasteiger partial charge in [0.15, 0.2) is 0 Å². The average Bonchev–Trinajstić information content (AvgIpc) is 2.57. The first kappa shape index (κ1) is 13.1. The van der Waals surface area contributed by atoms with Crippen LogP contribution in [0.1, 0.15) is 26.3 Å². The van der Waals surface area contributed by atoms with Crippen molar-refractivity contribution in [1.82, 2.24) is 0 Å². The maximum atomic E-state index is 13.3. The summed E-state index contributed by atoms with van der Waals surface area (Å²) in [6.07, 6.45) is 0. The summed E-state index contributed by atoms with van der Waals surface area (Å²) in [6.45, 7) is 3.89. The van der Waals surface area contributed by atoms with Crippen LogP contribution in [-0.2, 0) is 0 Å². The Morgan fingerprint density at radius 3 is 2.47 bits per heavy atom. The lowest BCUT2D eigenvalue weighted by Crippen LogP contribution is -1.92. The maximum Gasteiger partial charge on any atom is 0.123 e. The van der Waals surface area contributed by atoms with Crippen molar-refractivity contribution in [3.63, 3.8) is 0 Å². The minimum absolute atomic E-state index is 0.238. The molecule has 1 aromatic carbocycles. The molecule has 1 aromatic heterocycles. The van der Waals surface area contributed by atoms with Crippen LogP contribution < -0.4 is 0 Å². The minimum atomic E-state index is -0.292. The number of rotatable bonds is 2. The lowest BCUT2D eigenvalue weighted by atomic mass is 10.1. The molecule has 0 spiro atoms. The SMILES string of the molecule is Cc1cc(F)cc(C(Cl)c2cc(Br)c(C)s2)c1. The Balaban J connectivity index is 2.39. The summed E-state index contributed by atoms with van der Waals surface area (Å²) in [4.78, 5) is 2.21. The van der Waals surface area contributed by atoms with Crippen LogP contribution in [0.2, 0.25) is 0 Å². The largest absolute Gasteiger partial charge is 0.207 e. The number of hydrogen-bond donors (Lipinski definition) is 0. The summed E-state index contributed by atoms with van der Waals surface area (Å²) in [5, 5.41) is -0.292. The van der Waals surface area contributed by atoms with Crippen molar-refractivity contribution in [2.45, 2.75) is 19.2 Å². The molecule has 2 aromatic rings. The maximum absolute atomic E-state index is 13.3. The highest BCUT2D eigenvalue weighted by molar-refractivity contribution is 9.10. The number of benzene rings is 1. The molecule has 17 heavy (non-hydrogen) atoms. The van der Waals surface area contributed by atoms with Crippen LogP contribution in [0.3, 0.4) is 0 Å². The molecule has 0 nitrogen and oxygen atoms in total. The third kappa shape index (κ3) is 2.90. The van der Waals surface area contributed by atoms with Crippen molar-refractivity contribution < 1.29 is 4.39 Å². The normalized spacial score (nSPS) is 12.8. The highest BCUT2D eigenvalue weighted by Gasteiger charge is 2.15. The molecular weight excluding hydrogens is 323 g/mol. The third-order valence-electron chi connectivity index (χ3n) is 2.48. The van der Waals surface area contributed by atoms with Gasteiger partial charge in [0.2, 0.25) is 0 Å². The summed E-state index contributed by atoms with van der Waals surface area (Å²) < 4.78 is 14.4. The molecule has 0 saturated heterocycles. The van der Waals surface area contributed by atoms with Crippen molar-refractivity contribution in [3.05, 3.63) is 55.4 Å². The fourth-order valence-electron chi connectivity index (χ4n) is 1.68. The molecular formula is C13H11BrClFS. The Morgan fingerprint density at radius 2 is 1.94 bits per heavy atom. The minimum Gasteiger partial charge on any atom is -0.207 e. The molecule has 0 aliphatic heterocycles. The van der Waals surface area contributed by atoms with Crippen LogP contribution in [0.5, 0.6) is 0 Å². The van der Waals surface area contributed by atoms with Crippen LogP contribution in [0.15, 0.2) is 28.7 Å². The molecule has 0 aliphatic rings. The Hall–Kier alpha value is -0.380. The van der Waals surface area contributed by atoms with Crippen LogP contribution in [0.4, 0.5) is 4.39 Å². The number of thiophene rings is 1. The Morgan fingerprint density at radius 1 is 1.24 bits per heavy atom. The second-order valence-corrected chi connectivity index (χ2v) is 6.56. The van der Waals surface area contributed by atoms with E-state index in [0.29, 0.717) is 0 Å². The average molecular weight is 334 g/mol. The first-order valence-electron chi connectivity index (χ1n) is 5.14. The molecule has 90 valence electrons. The summed E-state index contributed by atoms with van der Waals surface area (Å²) >= 11 is 11.5. The van der Waals surface area contributed by atoms with E-state index < -0.39 is 0 Å². The molecule has 1 atom stereocenters. The fourth-order valence-corrected chi connectivity index (χ4v) is 3.57. The van der Waals surface area contributed by atoms with Crippen LogP contribution >= 0.6 is 38.9 Å². The molecule has 0 fully saturated rings. The first-order valence-corrected chi connectivity index (χ1v) is 7.19. The van der Waals surface area contributed by atoms with Gasteiger partial charge in [-0.05, 0) is 59.1 Å². The van der Waals surface area contributed by atoms with E-state index in [4.69, 9.17) is 11.6 Å². The van der Waals surface area contributed by atoms with Crippen molar-refractivity contribution in [3.8, 4) is 0 Å². The van der Waals surface area contributed by atoms with Crippen molar-refractivity contribution in [1.29, 1.82) is 0 Å². The topological polar surface area (TPSA) is 0 Å². The van der Waals surface area contributed by atoms with E-state index in [1.807, 2.05) is 26.0 Å². The van der Waals surface area contributed by atoms with Gasteiger partial charge in [-0.3, -0.25) is 0 Å². The van der Waals surface area contributed by atoms with Gasteiger partial charge in [0.05, 0.1) is 5.38 Å². The monoisotopic (exact) mass is 332 g/mol. The van der Waals surface area contributed by atoms with Gasteiger partial charge in [-0.2, -0.15) is 0 Å². The lowest BCUT2D eigenvalue weighted by molar-refractivity contribution is 0.624. The summed E-state index contributed by atoms with van der Waals surface area (Å²) in [5.74, 6) is -0.238. The second kappa shape index (κ2) is 5.09. The Labute approximate surface area is 118 Å². The lowest BCUT2D eigenvalue weighted by Gasteiger charge is -2.08. The molecule has 2 rings (SSSR count). The second-order valence-electron chi connectivity index (χ2n) is 3.98. The number of hydrogen-bond acceptors (Lipinski definition) is 1. The van der Waals surface area contributed by atoms with Crippen molar-refractivity contribution in [2.75, 3.05) is 0 Å². The molecule has 0 aliphatic carbocycles. The summed E-state index contributed by atoms with van der Waals surface area (Å²) in [5.41, 5.74) is 1.69. The molecule has 4 heteroatoms. The first-order chi connectivity index (χ1) is 7.97. The molecule has 0 N–H and O–H groups in total. The smallest absolute Gasteiger partial charge is 0.123 e. The summed E-state index contributed by atoms with van der Waals surface area (Å²) in [6, 6.07) is 6.91. The zero-order valence-electron chi connectivity index (χ0n) is 9.43. The van der Waals surface area contributed by atoms with Gasteiger partial charge in [0, 0.05) is 14.2 Å². The third-order valence-corrected chi connectivity index (χ3v) is 5.30. The van der Waals surface area contributed by atoms with Gasteiger partial charge in [0.25, 0.3) is 0 Å². The van der Waals surface area contributed by atoms with Gasteiger partial charge in [-0.15, -0.1) is 22.9 Å². The molecule has 0 radical (unpaired) electrons. The van der Waals surface area contributed by atoms with Crippen molar-refractivity contribution >= 4 is 38.9 Å². The standard InChI is InChI=1S/C13H11BrClFS/c1-7-3-9(5-10(16)4-7)13(15)12-6-11(14)8(2)17-12/h3-6,13H,1-2H3. The molecule has 1 heterocycles. The van der Waals surface area contributed by atoms with Gasteiger partial charge in [-0.1, -0.05) is 6.07 Å². The predicted octanol–water partition coefficient (Wildman–Crippen LogP) is 5.59. The van der Waals surface area contributed by atoms with Gasteiger partial charge in [0.1, 0.15) is 5.82 Å². The van der Waals surface area contributed by atoms with E-state index in [9.17, 15) is 4.39 Å². The van der Waals surface area contributed by atoms with E-state index in [0.717, 1.165) is 20.5 Å². The zero-order valence-corrected chi connectivity index (χ0v) is 12.6. The molecule has 0 bridgehead atoms. The predicted molar refractivity (Wildman–Crippen MR) is 75.6 cm³/mol. The quantitative estimate of drug-likeness (QED) is 0.628. The Bertz CT molecular complexity index is 511. The number of alkyl halides is 1. The van der Waals surface area contributed by atoms with E-state index in [-0.39, 0.29) is 11.2 Å². The van der Waals surface area contributed by atoms with E-state index in [1.165, 1.54) is 17.0 Å². The van der Waals surface area contributed by atoms with Crippen LogP contribution in [-0.4, -0.2) is 0 Å². The highest BCUT2D eigenvalue weighted by Crippen LogP contribution is 2.37. The zero-order chi connectivity index (χ0) is 12.6. The van der Waals surface area contributed by atoms with Gasteiger partial charge >= 0.3 is 0 Å². The van der Waals surface area contributed by atoms with Crippen LogP contribution in [0, 0.1) is 19.7 Å². The van der Waals surface area contributed by atoms with Crippen LogP contribution in [0.25, 0.3) is 0 Å². The van der Waals surface area contributed by atoms with E-state index in [1.54, 1.807) is 11.3 Å². The molecule has 0 saturated carbocycles. The van der Waals surface area contributed by atoms with Gasteiger partial charge in [-0.25, -0.2) is 4.39 Å². The van der Waals surface area contributed by atoms with E-state index >= 15 is 0 Å².